The van der Waals surface area contributed by atoms with Crippen LogP contribution >= 0.6 is 0 Å². The van der Waals surface area contributed by atoms with Crippen molar-refractivity contribution >= 4 is 0 Å². The lowest BCUT2D eigenvalue weighted by molar-refractivity contribution is -0.259. The minimum Gasteiger partial charge on any atom is -0.496 e. The molecule has 0 aliphatic heterocycles. The largest absolute Gasteiger partial charge is 0.496 e. The molecular weight excluding hydrogens is 245 g/mol. The van der Waals surface area contributed by atoms with Crippen LogP contribution in [0, 0.1) is 20.8 Å². The summed E-state index contributed by atoms with van der Waals surface area (Å²) in [7, 11) is 1.46. The second-order valence-corrected chi connectivity index (χ2v) is 4.59. The molecule has 0 spiro atoms. The molecule has 0 aromatic heterocycles. The monoisotopic (exact) mass is 262 g/mol. The van der Waals surface area contributed by atoms with Gasteiger partial charge in [0.25, 0.3) is 0 Å². The predicted octanol–water partition coefficient (Wildman–Crippen LogP) is 3.39. The van der Waals surface area contributed by atoms with Gasteiger partial charge in [-0.1, -0.05) is 0 Å². The van der Waals surface area contributed by atoms with Gasteiger partial charge in [-0.2, -0.15) is 13.2 Å². The maximum absolute atomic E-state index is 12.9. The molecule has 102 valence electrons. The first kappa shape index (κ1) is 14.8. The van der Waals surface area contributed by atoms with Gasteiger partial charge >= 0.3 is 6.18 Å². The maximum atomic E-state index is 12.9. The smallest absolute Gasteiger partial charge is 0.421 e. The third kappa shape index (κ3) is 2.19. The van der Waals surface area contributed by atoms with Crippen molar-refractivity contribution in [3.05, 3.63) is 28.3 Å². The molecule has 1 rings (SSSR count). The van der Waals surface area contributed by atoms with Crippen molar-refractivity contribution in [3.63, 3.8) is 0 Å². The van der Waals surface area contributed by atoms with Gasteiger partial charge < -0.3 is 9.84 Å². The molecule has 1 aromatic rings. The number of hydrogen-bond donors (Lipinski definition) is 1. The van der Waals surface area contributed by atoms with E-state index in [9.17, 15) is 18.3 Å². The summed E-state index contributed by atoms with van der Waals surface area (Å²) in [5.74, 6) is 0.520. The van der Waals surface area contributed by atoms with E-state index < -0.39 is 11.8 Å². The summed E-state index contributed by atoms with van der Waals surface area (Å²) in [6.45, 7) is 5.53. The van der Waals surface area contributed by atoms with Crippen molar-refractivity contribution < 1.29 is 23.0 Å². The van der Waals surface area contributed by atoms with E-state index >= 15 is 0 Å². The summed E-state index contributed by atoms with van der Waals surface area (Å²) in [5.41, 5.74) is -1.61. The number of aliphatic hydroxyl groups is 1. The highest BCUT2D eigenvalue weighted by Gasteiger charge is 2.52. The van der Waals surface area contributed by atoms with Gasteiger partial charge in [0, 0.05) is 0 Å². The summed E-state index contributed by atoms with van der Waals surface area (Å²) >= 11 is 0. The zero-order valence-electron chi connectivity index (χ0n) is 11.1. The van der Waals surface area contributed by atoms with E-state index in [1.807, 2.05) is 0 Å². The highest BCUT2D eigenvalue weighted by Crippen LogP contribution is 2.43. The number of alkyl halides is 3. The minimum atomic E-state index is -4.72. The molecule has 0 bridgehead atoms. The third-order valence-corrected chi connectivity index (χ3v) is 3.31. The molecule has 1 atom stereocenters. The minimum absolute atomic E-state index is 0.103. The molecule has 0 aliphatic carbocycles. The van der Waals surface area contributed by atoms with Crippen LogP contribution in [0.3, 0.4) is 0 Å². The molecule has 5 heteroatoms. The highest BCUT2D eigenvalue weighted by molar-refractivity contribution is 5.50. The summed E-state index contributed by atoms with van der Waals surface area (Å²) in [6, 6.07) is 1.51. The van der Waals surface area contributed by atoms with Crippen molar-refractivity contribution in [2.45, 2.75) is 39.5 Å². The average Bonchev–Trinajstić information content (AvgIpc) is 2.21. The molecule has 0 amide bonds. The summed E-state index contributed by atoms with van der Waals surface area (Å²) in [5, 5.41) is 9.81. The zero-order valence-corrected chi connectivity index (χ0v) is 11.1. The van der Waals surface area contributed by atoms with E-state index in [2.05, 4.69) is 0 Å². The van der Waals surface area contributed by atoms with Crippen molar-refractivity contribution in [3.8, 4) is 5.75 Å². The van der Waals surface area contributed by atoms with Gasteiger partial charge in [0.2, 0.25) is 0 Å². The lowest BCUT2D eigenvalue weighted by Gasteiger charge is -2.31. The first-order chi connectivity index (χ1) is 8.04. The lowest BCUT2D eigenvalue weighted by atomic mass is 9.85. The van der Waals surface area contributed by atoms with Crippen LogP contribution in [0.25, 0.3) is 0 Å². The van der Waals surface area contributed by atoms with Gasteiger partial charge in [-0.3, -0.25) is 0 Å². The van der Waals surface area contributed by atoms with Gasteiger partial charge in [0.1, 0.15) is 5.75 Å². The third-order valence-electron chi connectivity index (χ3n) is 3.31. The molecule has 0 heterocycles. The van der Waals surface area contributed by atoms with Crippen LogP contribution in [0.5, 0.6) is 5.75 Å². The molecule has 0 aliphatic rings. The summed E-state index contributed by atoms with van der Waals surface area (Å²) in [4.78, 5) is 0. The Balaban J connectivity index is 3.58. The van der Waals surface area contributed by atoms with Gasteiger partial charge in [-0.05, 0) is 56.0 Å². The molecule has 0 saturated heterocycles. The Morgan fingerprint density at radius 3 is 2.00 bits per heavy atom. The fraction of sp³-hybridized carbons (Fsp3) is 0.538. The Hall–Kier alpha value is -1.23. The first-order valence-electron chi connectivity index (χ1n) is 5.48. The number of aryl methyl sites for hydroxylation is 1. The maximum Gasteiger partial charge on any atom is 0.421 e. The second kappa shape index (κ2) is 4.46. The van der Waals surface area contributed by atoms with Gasteiger partial charge in [0.15, 0.2) is 5.60 Å². The van der Waals surface area contributed by atoms with Crippen LogP contribution in [0.15, 0.2) is 6.07 Å². The van der Waals surface area contributed by atoms with Crippen LogP contribution < -0.4 is 4.74 Å². The number of methoxy groups -OCH3 is 1. The second-order valence-electron chi connectivity index (χ2n) is 4.59. The van der Waals surface area contributed by atoms with Gasteiger partial charge in [-0.25, -0.2) is 0 Å². The molecule has 0 radical (unpaired) electrons. The predicted molar refractivity (Wildman–Crippen MR) is 62.8 cm³/mol. The number of rotatable bonds is 2. The first-order valence-corrected chi connectivity index (χ1v) is 5.48. The van der Waals surface area contributed by atoms with Crippen molar-refractivity contribution in [1.82, 2.24) is 0 Å². The Morgan fingerprint density at radius 2 is 1.61 bits per heavy atom. The number of hydrogen-bond acceptors (Lipinski definition) is 2. The summed E-state index contributed by atoms with van der Waals surface area (Å²) < 4.78 is 43.8. The quantitative estimate of drug-likeness (QED) is 0.885. The van der Waals surface area contributed by atoms with Crippen LogP contribution in [-0.4, -0.2) is 18.4 Å². The highest BCUT2D eigenvalue weighted by atomic mass is 19.4. The fourth-order valence-electron chi connectivity index (χ4n) is 2.15. The van der Waals surface area contributed by atoms with E-state index in [1.165, 1.54) is 20.1 Å². The molecule has 18 heavy (non-hydrogen) atoms. The van der Waals surface area contributed by atoms with Gasteiger partial charge in [0.05, 0.1) is 7.11 Å². The molecular formula is C13H17F3O2. The van der Waals surface area contributed by atoms with E-state index in [1.54, 1.807) is 13.8 Å². The standard InChI is InChI=1S/C13H17F3O2/c1-7-6-10(18-5)8(2)9(3)11(7)12(4,17)13(14,15)16/h6,17H,1-5H3. The van der Waals surface area contributed by atoms with Crippen LogP contribution in [0.2, 0.25) is 0 Å². The number of benzene rings is 1. The lowest BCUT2D eigenvalue weighted by Crippen LogP contribution is -2.40. The molecule has 1 aromatic carbocycles. The Morgan fingerprint density at radius 1 is 1.11 bits per heavy atom. The van der Waals surface area contributed by atoms with Crippen molar-refractivity contribution in [2.75, 3.05) is 7.11 Å². The van der Waals surface area contributed by atoms with Crippen molar-refractivity contribution in [1.29, 1.82) is 0 Å². The van der Waals surface area contributed by atoms with E-state index in [4.69, 9.17) is 4.74 Å². The topological polar surface area (TPSA) is 29.5 Å². The van der Waals surface area contributed by atoms with E-state index in [-0.39, 0.29) is 5.56 Å². The van der Waals surface area contributed by atoms with Crippen LogP contribution in [-0.2, 0) is 5.60 Å². The molecule has 0 fully saturated rings. The molecule has 1 N–H and O–H groups in total. The van der Waals surface area contributed by atoms with Crippen molar-refractivity contribution in [2.24, 2.45) is 0 Å². The Bertz CT molecular complexity index is 462. The molecule has 1 unspecified atom stereocenters. The van der Waals surface area contributed by atoms with Crippen LogP contribution in [0.1, 0.15) is 29.2 Å². The number of halogens is 3. The van der Waals surface area contributed by atoms with E-state index in [0.29, 0.717) is 22.4 Å². The van der Waals surface area contributed by atoms with Crippen LogP contribution in [0.4, 0.5) is 13.2 Å². The van der Waals surface area contributed by atoms with E-state index in [0.717, 1.165) is 6.92 Å². The molecule has 0 saturated carbocycles. The fourth-order valence-corrected chi connectivity index (χ4v) is 2.15. The number of ether oxygens (including phenoxy) is 1. The zero-order chi connectivity index (χ0) is 14.3. The summed E-state index contributed by atoms with van der Waals surface area (Å²) in [6.07, 6.45) is -4.72. The normalized spacial score (nSPS) is 15.4. The van der Waals surface area contributed by atoms with Gasteiger partial charge in [-0.15, -0.1) is 0 Å². The SMILES string of the molecule is COc1cc(C)c(C(C)(O)C(F)(F)F)c(C)c1C. The Kier molecular flexibility index (Phi) is 3.68. The molecule has 2 nitrogen and oxygen atoms in total. The Labute approximate surface area is 104 Å². The average molecular weight is 262 g/mol.